The molecule has 9 aromatic rings. The standard InChI is InChI=1S/C27H32N3O7PS.C22H20BrN3O4S.C22H20N4O5S.ClH/c1-18(2)36-38(34,37-19(3)4)17-28-23-10-8-12-25(39-21-15-13-20(14-16-21)30(32)33)26(23)27(31)29-22-9-6-7-11-24(22)35-5;1-30-19-7-3-2-5-17(19)25-22(27)21-18(24-14-13-23)6-4-8-20(21)31-16-11-9-15(10-12-16)26(28)29;1-31-18-7-3-2-5-16(18)25-22(28)21-17(24-20(27)13-23)6-4-8-19(21)32-15-11-9-14(10-12-15)26(29)30;/h6-16,18-19,28H,17H2,1-5H3,(H,29,31);2-12,24H,13-14H2,1H3,(H,25,27);2-12H,13,23H2,1H3,(H,24,27)(H,25,28);1H. The van der Waals surface area contributed by atoms with Gasteiger partial charge in [0, 0.05) is 89.0 Å². The van der Waals surface area contributed by atoms with Crippen molar-refractivity contribution in [3.05, 3.63) is 247 Å². The average Bonchev–Trinajstić information content (AvgIpc) is 0.819. The summed E-state index contributed by atoms with van der Waals surface area (Å²) in [6, 6.07) is 55.2. The van der Waals surface area contributed by atoms with Gasteiger partial charge in [-0.1, -0.05) is 106 Å². The van der Waals surface area contributed by atoms with Gasteiger partial charge in [-0.25, -0.2) is 0 Å². The smallest absolute Gasteiger partial charge is 0.350 e. The van der Waals surface area contributed by atoms with Gasteiger partial charge in [-0.05, 0) is 137 Å². The summed E-state index contributed by atoms with van der Waals surface area (Å²) in [5, 5.41) is 51.2. The van der Waals surface area contributed by atoms with Gasteiger partial charge in [0.15, 0.2) is 0 Å². The van der Waals surface area contributed by atoms with Crippen LogP contribution in [-0.2, 0) is 18.4 Å². The van der Waals surface area contributed by atoms with Crippen LogP contribution in [0.5, 0.6) is 17.2 Å². The molecule has 0 radical (unpaired) electrons. The van der Waals surface area contributed by atoms with Crippen LogP contribution in [-0.4, -0.2) is 96.6 Å². The topological polar surface area (TPSA) is 359 Å². The maximum Gasteiger partial charge on any atom is 0.350 e. The number of nitro groups is 3. The lowest BCUT2D eigenvalue weighted by Crippen LogP contribution is -2.24. The fourth-order valence-electron chi connectivity index (χ4n) is 9.34. The van der Waals surface area contributed by atoms with Gasteiger partial charge >= 0.3 is 7.60 Å². The van der Waals surface area contributed by atoms with Gasteiger partial charge in [0.05, 0.1) is 94.3 Å². The zero-order chi connectivity index (χ0) is 73.9. The summed E-state index contributed by atoms with van der Waals surface area (Å²) in [6.45, 7) is 7.47. The van der Waals surface area contributed by atoms with E-state index in [1.807, 2.05) is 30.3 Å². The monoisotopic (exact) mass is 1560 g/mol. The number of nitrogens with two attached hydrogens (primary N) is 1. The number of nitrogens with one attached hydrogen (secondary N) is 6. The average molecular weight is 1560 g/mol. The van der Waals surface area contributed by atoms with Gasteiger partial charge in [-0.2, -0.15) is 0 Å². The summed E-state index contributed by atoms with van der Waals surface area (Å²) >= 11 is 7.26. The number of non-ortho nitro benzene ring substituents is 3. The van der Waals surface area contributed by atoms with Crippen LogP contribution in [0.15, 0.2) is 230 Å². The molecule has 0 aliphatic carbocycles. The molecule has 0 saturated carbocycles. The largest absolute Gasteiger partial charge is 0.495 e. The minimum Gasteiger partial charge on any atom is -0.495 e. The second kappa shape index (κ2) is 40.6. The lowest BCUT2D eigenvalue weighted by atomic mass is 10.1. The van der Waals surface area contributed by atoms with Crippen molar-refractivity contribution in [3.8, 4) is 17.2 Å². The minimum absolute atomic E-state index is 0. The highest BCUT2D eigenvalue weighted by atomic mass is 79.9. The molecule has 9 rings (SSSR count). The number of nitrogens with zero attached hydrogens (tertiary/aromatic N) is 3. The summed E-state index contributed by atoms with van der Waals surface area (Å²) in [4.78, 5) is 87.7. The second-order valence-corrected chi connectivity index (χ2v) is 27.8. The van der Waals surface area contributed by atoms with Crippen LogP contribution in [0.1, 0.15) is 58.8 Å². The number of anilines is 6. The number of hydrogen-bond acceptors (Lipinski definition) is 22. The number of nitro benzene ring substituents is 3. The maximum absolute atomic E-state index is 13.7. The molecule has 0 unspecified atom stereocenters. The van der Waals surface area contributed by atoms with Crippen molar-refractivity contribution in [1.29, 1.82) is 0 Å². The van der Waals surface area contributed by atoms with E-state index in [1.54, 1.807) is 168 Å². The lowest BCUT2D eigenvalue weighted by molar-refractivity contribution is -0.385. The second-order valence-electron chi connectivity index (χ2n) is 21.7. The molecule has 8 N–H and O–H groups in total. The Morgan fingerprint density at radius 2 is 0.748 bits per heavy atom. The quantitative estimate of drug-likeness (QED) is 0.00951. The molecule has 0 atom stereocenters. The van der Waals surface area contributed by atoms with Crippen LogP contribution in [0.4, 0.5) is 51.2 Å². The van der Waals surface area contributed by atoms with Gasteiger partial charge in [0.1, 0.15) is 23.5 Å². The van der Waals surface area contributed by atoms with E-state index < -0.39 is 40.1 Å². The Hall–Kier alpha value is -10.0. The van der Waals surface area contributed by atoms with Gasteiger partial charge < -0.3 is 60.9 Å². The van der Waals surface area contributed by atoms with Crippen LogP contribution in [0.25, 0.3) is 0 Å². The maximum atomic E-state index is 13.7. The number of alkyl halides is 1. The van der Waals surface area contributed by atoms with E-state index in [0.29, 0.717) is 83.1 Å². The third-order valence-electron chi connectivity index (χ3n) is 13.7. The summed E-state index contributed by atoms with van der Waals surface area (Å²) in [6.07, 6.45) is -0.841. The first-order chi connectivity index (χ1) is 49.0. The Bertz CT molecular complexity index is 4460. The van der Waals surface area contributed by atoms with Crippen LogP contribution < -0.4 is 51.8 Å². The predicted octanol–water partition coefficient (Wildman–Crippen LogP) is 17.6. The van der Waals surface area contributed by atoms with Gasteiger partial charge in [0.25, 0.3) is 34.8 Å². The van der Waals surface area contributed by atoms with E-state index in [-0.39, 0.29) is 71.5 Å². The molecule has 4 amide bonds. The number of carbonyl (C=O) groups excluding carboxylic acids is 4. The van der Waals surface area contributed by atoms with E-state index in [2.05, 4.69) is 47.8 Å². The highest BCUT2D eigenvalue weighted by Gasteiger charge is 2.30. The Balaban J connectivity index is 0.000000243. The molecule has 26 nitrogen and oxygen atoms in total. The first-order valence-electron chi connectivity index (χ1n) is 31.0. The fraction of sp³-hybridized carbons (Fsp3) is 0.183. The summed E-state index contributed by atoms with van der Waals surface area (Å²) in [7, 11) is 0.999. The van der Waals surface area contributed by atoms with Crippen LogP contribution in [0.2, 0.25) is 0 Å². The number of amides is 4. The molecule has 0 saturated heterocycles. The van der Waals surface area contributed by atoms with Crippen molar-refractivity contribution >= 4 is 146 Å². The van der Waals surface area contributed by atoms with Crippen molar-refractivity contribution in [1.82, 2.24) is 0 Å². The summed E-state index contributed by atoms with van der Waals surface area (Å²) in [5.41, 5.74) is 9.27. The molecular formula is C71H73BrClN10O16PS3. The zero-order valence-corrected chi connectivity index (χ0v) is 62.2. The molecule has 540 valence electrons. The zero-order valence-electron chi connectivity index (χ0n) is 56.4. The van der Waals surface area contributed by atoms with Gasteiger partial charge in [-0.3, -0.25) is 54.1 Å². The molecule has 0 aliphatic rings. The Labute approximate surface area is 621 Å². The predicted molar refractivity (Wildman–Crippen MR) is 410 cm³/mol. The number of ether oxygens (including phenoxy) is 3. The first kappa shape index (κ1) is 82.0. The molecule has 0 aromatic heterocycles. The van der Waals surface area contributed by atoms with E-state index >= 15 is 0 Å². The normalized spacial score (nSPS) is 10.7. The van der Waals surface area contributed by atoms with Crippen molar-refractivity contribution in [2.75, 3.05) is 77.9 Å². The first-order valence-corrected chi connectivity index (χ1v) is 36.3. The van der Waals surface area contributed by atoms with Crippen LogP contribution in [0, 0.1) is 30.3 Å². The van der Waals surface area contributed by atoms with Gasteiger partial charge in [-0.15, -0.1) is 12.4 Å². The Morgan fingerprint density at radius 3 is 1.05 bits per heavy atom. The molecule has 0 spiro atoms. The van der Waals surface area contributed by atoms with Crippen molar-refractivity contribution < 1.29 is 61.8 Å². The van der Waals surface area contributed by atoms with Gasteiger partial charge in [0.2, 0.25) is 5.91 Å². The van der Waals surface area contributed by atoms with Crippen molar-refractivity contribution in [2.45, 2.75) is 69.3 Å². The molecule has 0 heterocycles. The fourth-order valence-corrected chi connectivity index (χ4v) is 14.3. The number of benzene rings is 9. The third kappa shape index (κ3) is 24.3. The van der Waals surface area contributed by atoms with E-state index in [0.717, 1.165) is 15.1 Å². The SMILES string of the molecule is COc1ccccc1NC(=O)c1c(NC(=O)CN)cccc1Sc1ccc([N+](=O)[O-])cc1.COc1ccccc1NC(=O)c1c(NCCBr)cccc1Sc1ccc([N+](=O)[O-])cc1.COc1ccccc1NC(=O)c1c(NCP(=O)(OC(C)C)OC(C)C)cccc1Sc1ccc([N+](=O)[O-])cc1.Cl. The number of methoxy groups -OCH3 is 3. The molecular weight excluding hydrogens is 1490 g/mol. The number of halogens is 2. The minimum atomic E-state index is -3.56. The number of rotatable bonds is 30. The Kier molecular flexibility index (Phi) is 32.3. The van der Waals surface area contributed by atoms with Crippen molar-refractivity contribution in [2.24, 2.45) is 5.73 Å². The lowest BCUT2D eigenvalue weighted by Gasteiger charge is -2.24. The molecule has 0 aliphatic heterocycles. The Morgan fingerprint density at radius 1 is 0.447 bits per heavy atom. The van der Waals surface area contributed by atoms with E-state index in [1.165, 1.54) is 85.9 Å². The summed E-state index contributed by atoms with van der Waals surface area (Å²) in [5.74, 6) is -0.107. The molecule has 0 bridgehead atoms. The highest BCUT2D eigenvalue weighted by molar-refractivity contribution is 9.09. The molecule has 0 fully saturated rings. The van der Waals surface area contributed by atoms with E-state index in [4.69, 9.17) is 29.0 Å². The number of hydrogen-bond donors (Lipinski definition) is 7. The van der Waals surface area contributed by atoms with E-state index in [9.17, 15) is 54.1 Å². The number of carbonyl (C=O) groups is 4. The molecule has 32 heteroatoms. The molecule has 9 aromatic carbocycles. The van der Waals surface area contributed by atoms with Crippen LogP contribution >= 0.6 is 71.2 Å². The third-order valence-corrected chi connectivity index (χ3v) is 19.4. The van der Waals surface area contributed by atoms with Crippen molar-refractivity contribution in [3.63, 3.8) is 0 Å². The summed E-state index contributed by atoms with van der Waals surface area (Å²) < 4.78 is 40.7. The molecule has 103 heavy (non-hydrogen) atoms. The number of para-hydroxylation sites is 6. The highest BCUT2D eigenvalue weighted by Crippen LogP contribution is 2.51. The van der Waals surface area contributed by atoms with Crippen LogP contribution in [0.3, 0.4) is 0 Å².